The molecule has 8 heteroatoms. The molecule has 0 fully saturated rings. The Morgan fingerprint density at radius 1 is 0.893 bits per heavy atom. The molecule has 1 aliphatic heterocycles. The summed E-state index contributed by atoms with van der Waals surface area (Å²) in [6, 6.07) is 12.1. The summed E-state index contributed by atoms with van der Waals surface area (Å²) in [7, 11) is 0. The number of nitrogens with zero attached hydrogens (tertiary/aromatic N) is 2. The first-order valence-corrected chi connectivity index (χ1v) is 8.49. The van der Waals surface area contributed by atoms with Gasteiger partial charge >= 0.3 is 0 Å². The number of fused-ring (bicyclic) bond motifs is 1. The van der Waals surface area contributed by atoms with E-state index in [1.807, 2.05) is 6.07 Å². The third-order valence-corrected chi connectivity index (χ3v) is 4.09. The van der Waals surface area contributed by atoms with Crippen molar-refractivity contribution in [1.29, 1.82) is 0 Å². The lowest BCUT2D eigenvalue weighted by molar-refractivity contribution is 0.101. The zero-order chi connectivity index (χ0) is 19.5. The van der Waals surface area contributed by atoms with Crippen LogP contribution in [0.3, 0.4) is 0 Å². The molecule has 0 saturated carbocycles. The Balaban J connectivity index is 1.41. The van der Waals surface area contributed by atoms with Gasteiger partial charge in [0.25, 0.3) is 5.91 Å². The standard InChI is InChI=1S/C20H16N4O4/c1-12(25)13-2-4-15(5-3-13)23-19(26)14-9-21-20(22-10-14)24-16-6-7-17-18(8-16)28-11-27-17/h2-10H,11H2,1H3,(H,23,26)(H,21,22,24). The summed E-state index contributed by atoms with van der Waals surface area (Å²) in [5.41, 5.74) is 2.22. The fourth-order valence-corrected chi connectivity index (χ4v) is 2.60. The van der Waals surface area contributed by atoms with E-state index in [2.05, 4.69) is 20.6 Å². The number of carbonyl (C=O) groups excluding carboxylic acids is 2. The number of rotatable bonds is 5. The monoisotopic (exact) mass is 376 g/mol. The minimum Gasteiger partial charge on any atom is -0.454 e. The van der Waals surface area contributed by atoms with Crippen molar-refractivity contribution >= 4 is 29.0 Å². The van der Waals surface area contributed by atoms with E-state index in [1.54, 1.807) is 36.4 Å². The maximum absolute atomic E-state index is 12.3. The maximum Gasteiger partial charge on any atom is 0.258 e. The lowest BCUT2D eigenvalue weighted by atomic mass is 10.1. The predicted molar refractivity (Wildman–Crippen MR) is 102 cm³/mol. The molecule has 0 radical (unpaired) electrons. The molecule has 0 bridgehead atoms. The second-order valence-corrected chi connectivity index (χ2v) is 6.08. The molecule has 1 amide bonds. The number of carbonyl (C=O) groups is 2. The Hall–Kier alpha value is -3.94. The molecule has 2 aromatic carbocycles. The molecule has 28 heavy (non-hydrogen) atoms. The highest BCUT2D eigenvalue weighted by molar-refractivity contribution is 6.04. The highest BCUT2D eigenvalue weighted by Gasteiger charge is 2.14. The molecule has 2 N–H and O–H groups in total. The van der Waals surface area contributed by atoms with Crippen LogP contribution in [0, 0.1) is 0 Å². The van der Waals surface area contributed by atoms with Gasteiger partial charge in [-0.05, 0) is 43.3 Å². The van der Waals surface area contributed by atoms with Gasteiger partial charge < -0.3 is 20.1 Å². The Kier molecular flexibility index (Phi) is 4.59. The molecular weight excluding hydrogens is 360 g/mol. The molecule has 1 aliphatic rings. The van der Waals surface area contributed by atoms with E-state index >= 15 is 0 Å². The quantitative estimate of drug-likeness (QED) is 0.658. The maximum atomic E-state index is 12.3. The van der Waals surface area contributed by atoms with E-state index < -0.39 is 0 Å². The lowest BCUT2D eigenvalue weighted by Gasteiger charge is -2.07. The number of ketones is 1. The number of benzene rings is 2. The van der Waals surface area contributed by atoms with Gasteiger partial charge in [-0.2, -0.15) is 0 Å². The predicted octanol–water partition coefficient (Wildman–Crippen LogP) is 3.40. The smallest absolute Gasteiger partial charge is 0.258 e. The molecule has 0 aliphatic carbocycles. The van der Waals surface area contributed by atoms with E-state index in [9.17, 15) is 9.59 Å². The van der Waals surface area contributed by atoms with Crippen LogP contribution in [-0.4, -0.2) is 28.5 Å². The number of hydrogen-bond donors (Lipinski definition) is 2. The first-order valence-electron chi connectivity index (χ1n) is 8.49. The summed E-state index contributed by atoms with van der Waals surface area (Å²) in [6.07, 6.45) is 2.86. The van der Waals surface area contributed by atoms with Crippen molar-refractivity contribution in [2.75, 3.05) is 17.4 Å². The molecule has 0 unspecified atom stereocenters. The largest absolute Gasteiger partial charge is 0.454 e. The third-order valence-electron chi connectivity index (χ3n) is 4.09. The van der Waals surface area contributed by atoms with Crippen molar-refractivity contribution < 1.29 is 19.1 Å². The van der Waals surface area contributed by atoms with Crippen LogP contribution in [0.2, 0.25) is 0 Å². The van der Waals surface area contributed by atoms with Crippen molar-refractivity contribution in [2.24, 2.45) is 0 Å². The van der Waals surface area contributed by atoms with Gasteiger partial charge in [-0.1, -0.05) is 0 Å². The summed E-state index contributed by atoms with van der Waals surface area (Å²) >= 11 is 0. The van der Waals surface area contributed by atoms with E-state index in [-0.39, 0.29) is 18.5 Å². The van der Waals surface area contributed by atoms with E-state index in [0.29, 0.717) is 34.3 Å². The number of aromatic nitrogens is 2. The van der Waals surface area contributed by atoms with Gasteiger partial charge in [0.05, 0.1) is 5.56 Å². The van der Waals surface area contributed by atoms with Crippen LogP contribution in [0.4, 0.5) is 17.3 Å². The Labute approximate surface area is 160 Å². The van der Waals surface area contributed by atoms with Crippen LogP contribution in [0.1, 0.15) is 27.6 Å². The highest BCUT2D eigenvalue weighted by Crippen LogP contribution is 2.34. The number of amides is 1. The third kappa shape index (κ3) is 3.75. The van der Waals surface area contributed by atoms with Gasteiger partial charge in [0.2, 0.25) is 12.7 Å². The minimum atomic E-state index is -0.342. The van der Waals surface area contributed by atoms with Gasteiger partial charge in [0.1, 0.15) is 0 Å². The molecule has 140 valence electrons. The van der Waals surface area contributed by atoms with Crippen LogP contribution in [0.15, 0.2) is 54.9 Å². The molecule has 1 aromatic heterocycles. The summed E-state index contributed by atoms with van der Waals surface area (Å²) in [6.45, 7) is 1.70. The van der Waals surface area contributed by atoms with Crippen molar-refractivity contribution in [3.8, 4) is 11.5 Å². The first kappa shape index (κ1) is 17.5. The number of Topliss-reactive ketones (excluding diaryl/α,β-unsaturated/α-hetero) is 1. The molecule has 0 saturated heterocycles. The molecule has 8 nitrogen and oxygen atoms in total. The van der Waals surface area contributed by atoms with Gasteiger partial charge in [-0.3, -0.25) is 9.59 Å². The molecule has 0 spiro atoms. The molecule has 0 atom stereocenters. The number of ether oxygens (including phenoxy) is 2. The van der Waals surface area contributed by atoms with Crippen LogP contribution in [0.5, 0.6) is 11.5 Å². The van der Waals surface area contributed by atoms with E-state index in [0.717, 1.165) is 5.69 Å². The normalized spacial score (nSPS) is 11.8. The molecule has 2 heterocycles. The average Bonchev–Trinajstić information content (AvgIpc) is 3.17. The lowest BCUT2D eigenvalue weighted by Crippen LogP contribution is -2.13. The van der Waals surface area contributed by atoms with Gasteiger partial charge in [0.15, 0.2) is 17.3 Å². The second-order valence-electron chi connectivity index (χ2n) is 6.08. The van der Waals surface area contributed by atoms with Crippen LogP contribution in [-0.2, 0) is 0 Å². The fraction of sp³-hybridized carbons (Fsp3) is 0.100. The zero-order valence-corrected chi connectivity index (χ0v) is 14.9. The number of hydrogen-bond acceptors (Lipinski definition) is 7. The Bertz CT molecular complexity index is 1030. The summed E-state index contributed by atoms with van der Waals surface area (Å²) < 4.78 is 10.6. The van der Waals surface area contributed by atoms with E-state index in [1.165, 1.54) is 19.3 Å². The molecule has 4 rings (SSSR count). The van der Waals surface area contributed by atoms with Crippen molar-refractivity contribution in [2.45, 2.75) is 6.92 Å². The highest BCUT2D eigenvalue weighted by atomic mass is 16.7. The topological polar surface area (TPSA) is 102 Å². The first-order chi connectivity index (χ1) is 13.6. The van der Waals surface area contributed by atoms with Crippen molar-refractivity contribution in [3.05, 3.63) is 66.0 Å². The minimum absolute atomic E-state index is 0.0307. The van der Waals surface area contributed by atoms with Gasteiger partial charge in [-0.25, -0.2) is 9.97 Å². The Morgan fingerprint density at radius 2 is 1.57 bits per heavy atom. The summed E-state index contributed by atoms with van der Waals surface area (Å²) in [5, 5.41) is 5.79. The van der Waals surface area contributed by atoms with E-state index in [4.69, 9.17) is 9.47 Å². The van der Waals surface area contributed by atoms with Gasteiger partial charge in [0, 0.05) is 35.4 Å². The fourth-order valence-electron chi connectivity index (χ4n) is 2.60. The number of anilines is 3. The zero-order valence-electron chi connectivity index (χ0n) is 14.9. The van der Waals surface area contributed by atoms with Crippen molar-refractivity contribution in [3.63, 3.8) is 0 Å². The van der Waals surface area contributed by atoms with Crippen LogP contribution < -0.4 is 20.1 Å². The molecule has 3 aromatic rings. The van der Waals surface area contributed by atoms with Crippen LogP contribution in [0.25, 0.3) is 0 Å². The molecular formula is C20H16N4O4. The summed E-state index contributed by atoms with van der Waals surface area (Å²) in [4.78, 5) is 32.0. The number of nitrogens with one attached hydrogen (secondary N) is 2. The average molecular weight is 376 g/mol. The van der Waals surface area contributed by atoms with Crippen LogP contribution >= 0.6 is 0 Å². The second kappa shape index (κ2) is 7.36. The summed E-state index contributed by atoms with van der Waals surface area (Å²) in [5.74, 6) is 1.31. The van der Waals surface area contributed by atoms with Gasteiger partial charge in [-0.15, -0.1) is 0 Å². The van der Waals surface area contributed by atoms with Crippen molar-refractivity contribution in [1.82, 2.24) is 9.97 Å². The Morgan fingerprint density at radius 3 is 2.29 bits per heavy atom. The SMILES string of the molecule is CC(=O)c1ccc(NC(=O)c2cnc(Nc3ccc4c(c3)OCO4)nc2)cc1.